The number of nitro benzene ring substituents is 1. The maximum atomic E-state index is 13.8. The maximum absolute atomic E-state index is 13.8. The molecule has 2 aromatic rings. The Morgan fingerprint density at radius 1 is 1.24 bits per heavy atom. The highest BCUT2D eigenvalue weighted by atomic mass is 35.5. The minimum atomic E-state index is -0.578. The summed E-state index contributed by atoms with van der Waals surface area (Å²) >= 11 is 5.92. The van der Waals surface area contributed by atoms with E-state index in [-0.39, 0.29) is 22.1 Å². The number of para-hydroxylation sites is 2. The third-order valence-electron chi connectivity index (χ3n) is 2.81. The van der Waals surface area contributed by atoms with E-state index in [4.69, 9.17) is 11.6 Å². The molecular formula is C14H13ClFN3O2. The molecule has 0 unspecified atom stereocenters. The topological polar surface area (TPSA) is 67.2 Å². The van der Waals surface area contributed by atoms with Crippen LogP contribution < -0.4 is 10.6 Å². The summed E-state index contributed by atoms with van der Waals surface area (Å²) in [5.74, 6) is -0.578. The normalized spacial score (nSPS) is 10.2. The number of hydrogen-bond donors (Lipinski definition) is 2. The molecule has 2 aromatic carbocycles. The van der Waals surface area contributed by atoms with Crippen LogP contribution in [-0.2, 0) is 0 Å². The Bertz CT molecular complexity index is 659. The molecule has 2 rings (SSSR count). The lowest BCUT2D eigenvalue weighted by Crippen LogP contribution is -2.04. The van der Waals surface area contributed by atoms with E-state index in [1.54, 1.807) is 12.1 Å². The summed E-state index contributed by atoms with van der Waals surface area (Å²) in [4.78, 5) is 10.8. The molecule has 0 saturated carbocycles. The van der Waals surface area contributed by atoms with Crippen molar-refractivity contribution in [3.63, 3.8) is 0 Å². The average molecular weight is 310 g/mol. The largest absolute Gasteiger partial charge is 0.380 e. The Hall–Kier alpha value is -2.34. The van der Waals surface area contributed by atoms with Gasteiger partial charge < -0.3 is 10.6 Å². The van der Waals surface area contributed by atoms with Crippen LogP contribution in [0.5, 0.6) is 0 Å². The van der Waals surface area contributed by atoms with Crippen molar-refractivity contribution >= 4 is 34.4 Å². The third kappa shape index (κ3) is 3.22. The van der Waals surface area contributed by atoms with Crippen LogP contribution >= 0.6 is 11.6 Å². The predicted octanol–water partition coefficient (Wildman–Crippen LogP) is 4.56. The molecule has 2 N–H and O–H groups in total. The summed E-state index contributed by atoms with van der Waals surface area (Å²) in [5, 5.41) is 17.0. The van der Waals surface area contributed by atoms with E-state index in [0.717, 1.165) is 0 Å². The number of nitrogens with one attached hydrogen (secondary N) is 2. The summed E-state index contributed by atoms with van der Waals surface area (Å²) in [5.41, 5.74) is 0.389. The molecule has 0 spiro atoms. The monoisotopic (exact) mass is 309 g/mol. The Morgan fingerprint density at radius 3 is 2.52 bits per heavy atom. The number of hydrogen-bond acceptors (Lipinski definition) is 4. The molecule has 110 valence electrons. The number of benzene rings is 2. The summed E-state index contributed by atoms with van der Waals surface area (Å²) in [6.07, 6.45) is 0. The number of halogens is 2. The Kier molecular flexibility index (Phi) is 4.59. The van der Waals surface area contributed by atoms with Gasteiger partial charge in [-0.15, -0.1) is 0 Å². The standard InChI is InChI=1S/C14H13ClFN3O2/c1-2-17-11-7-4-8-12(14(11)19(20)21)18-13-9(15)5-3-6-10(13)16/h3-8,17-18H,2H2,1H3. The molecule has 7 heteroatoms. The SMILES string of the molecule is CCNc1cccc(Nc2c(F)cccc2Cl)c1[N+](=O)[O-]. The van der Waals surface area contributed by atoms with E-state index in [1.807, 2.05) is 6.92 Å². The van der Waals surface area contributed by atoms with E-state index in [9.17, 15) is 14.5 Å². The molecule has 21 heavy (non-hydrogen) atoms. The minimum Gasteiger partial charge on any atom is -0.380 e. The lowest BCUT2D eigenvalue weighted by molar-refractivity contribution is -0.383. The fourth-order valence-electron chi connectivity index (χ4n) is 1.93. The van der Waals surface area contributed by atoms with Gasteiger partial charge >= 0.3 is 5.69 Å². The molecular weight excluding hydrogens is 297 g/mol. The second kappa shape index (κ2) is 6.41. The molecule has 5 nitrogen and oxygen atoms in total. The summed E-state index contributed by atoms with van der Waals surface area (Å²) in [6, 6.07) is 8.94. The minimum absolute atomic E-state index is 0.0101. The number of nitro groups is 1. The molecule has 0 aliphatic carbocycles. The van der Waals surface area contributed by atoms with Gasteiger partial charge in [0.2, 0.25) is 0 Å². The van der Waals surface area contributed by atoms with Crippen molar-refractivity contribution in [2.24, 2.45) is 0 Å². The van der Waals surface area contributed by atoms with E-state index in [2.05, 4.69) is 10.6 Å². The van der Waals surface area contributed by atoms with Crippen LogP contribution in [0.2, 0.25) is 5.02 Å². The lowest BCUT2D eigenvalue weighted by atomic mass is 10.2. The van der Waals surface area contributed by atoms with Gasteiger partial charge in [-0.25, -0.2) is 4.39 Å². The van der Waals surface area contributed by atoms with E-state index < -0.39 is 10.7 Å². The first kappa shape index (κ1) is 15.1. The highest BCUT2D eigenvalue weighted by Gasteiger charge is 2.20. The van der Waals surface area contributed by atoms with Gasteiger partial charge in [-0.2, -0.15) is 0 Å². The zero-order valence-corrected chi connectivity index (χ0v) is 11.9. The number of anilines is 3. The molecule has 0 heterocycles. The summed E-state index contributed by atoms with van der Waals surface area (Å²) < 4.78 is 13.8. The van der Waals surface area contributed by atoms with E-state index in [0.29, 0.717) is 12.2 Å². The second-order valence-electron chi connectivity index (χ2n) is 4.21. The van der Waals surface area contributed by atoms with Crippen LogP contribution in [-0.4, -0.2) is 11.5 Å². The molecule has 0 saturated heterocycles. The van der Waals surface area contributed by atoms with Crippen LogP contribution in [0.15, 0.2) is 36.4 Å². The van der Waals surface area contributed by atoms with Gasteiger partial charge in [-0.3, -0.25) is 10.1 Å². The van der Waals surface area contributed by atoms with Crippen LogP contribution in [0.25, 0.3) is 0 Å². The fourth-order valence-corrected chi connectivity index (χ4v) is 2.14. The van der Waals surface area contributed by atoms with Crippen molar-refractivity contribution in [1.82, 2.24) is 0 Å². The van der Waals surface area contributed by atoms with Crippen LogP contribution in [0.1, 0.15) is 6.92 Å². The zero-order valence-electron chi connectivity index (χ0n) is 11.2. The number of rotatable bonds is 5. The van der Waals surface area contributed by atoms with Crippen molar-refractivity contribution in [2.45, 2.75) is 6.92 Å². The molecule has 0 aliphatic rings. The Morgan fingerprint density at radius 2 is 1.90 bits per heavy atom. The molecule has 0 radical (unpaired) electrons. The smallest absolute Gasteiger partial charge is 0.315 e. The van der Waals surface area contributed by atoms with E-state index >= 15 is 0 Å². The van der Waals surface area contributed by atoms with Crippen molar-refractivity contribution in [1.29, 1.82) is 0 Å². The first-order chi connectivity index (χ1) is 10.0. The summed E-state index contributed by atoms with van der Waals surface area (Å²) in [7, 11) is 0. The fraction of sp³-hybridized carbons (Fsp3) is 0.143. The molecule has 0 amide bonds. The van der Waals surface area contributed by atoms with Crippen LogP contribution in [0.4, 0.5) is 27.1 Å². The van der Waals surface area contributed by atoms with Crippen molar-refractivity contribution in [3.05, 3.63) is 57.4 Å². The average Bonchev–Trinajstić information content (AvgIpc) is 2.43. The molecule has 0 aliphatic heterocycles. The Balaban J connectivity index is 2.49. The summed E-state index contributed by atoms with van der Waals surface area (Å²) in [6.45, 7) is 2.36. The molecule has 0 atom stereocenters. The second-order valence-corrected chi connectivity index (χ2v) is 4.62. The maximum Gasteiger partial charge on any atom is 0.315 e. The van der Waals surface area contributed by atoms with Gasteiger partial charge in [-0.05, 0) is 31.2 Å². The first-order valence-corrected chi connectivity index (χ1v) is 6.64. The van der Waals surface area contributed by atoms with Gasteiger partial charge in [0.1, 0.15) is 17.2 Å². The van der Waals surface area contributed by atoms with Gasteiger partial charge in [0.25, 0.3) is 0 Å². The quantitative estimate of drug-likeness (QED) is 0.627. The first-order valence-electron chi connectivity index (χ1n) is 6.27. The zero-order chi connectivity index (χ0) is 15.4. The van der Waals surface area contributed by atoms with Crippen molar-refractivity contribution in [2.75, 3.05) is 17.2 Å². The van der Waals surface area contributed by atoms with Crippen LogP contribution in [0, 0.1) is 15.9 Å². The van der Waals surface area contributed by atoms with Gasteiger partial charge in [0.05, 0.1) is 15.6 Å². The predicted molar refractivity (Wildman–Crippen MR) is 82.0 cm³/mol. The number of nitrogens with zero attached hydrogens (tertiary/aromatic N) is 1. The highest BCUT2D eigenvalue weighted by molar-refractivity contribution is 6.33. The van der Waals surface area contributed by atoms with E-state index in [1.165, 1.54) is 24.3 Å². The molecule has 0 bridgehead atoms. The third-order valence-corrected chi connectivity index (χ3v) is 3.12. The molecule has 0 aromatic heterocycles. The molecule has 0 fully saturated rings. The Labute approximate surface area is 125 Å². The van der Waals surface area contributed by atoms with Gasteiger partial charge in [-0.1, -0.05) is 23.7 Å². The van der Waals surface area contributed by atoms with Crippen molar-refractivity contribution in [3.8, 4) is 0 Å². The van der Waals surface area contributed by atoms with Crippen LogP contribution in [0.3, 0.4) is 0 Å². The lowest BCUT2D eigenvalue weighted by Gasteiger charge is -2.12. The highest BCUT2D eigenvalue weighted by Crippen LogP contribution is 2.37. The van der Waals surface area contributed by atoms with Gasteiger partial charge in [0, 0.05) is 6.54 Å². The van der Waals surface area contributed by atoms with Gasteiger partial charge in [0.15, 0.2) is 0 Å². The van der Waals surface area contributed by atoms with Crippen molar-refractivity contribution < 1.29 is 9.31 Å².